The number of benzene rings is 2. The summed E-state index contributed by atoms with van der Waals surface area (Å²) >= 11 is 1.43. The fourth-order valence-corrected chi connectivity index (χ4v) is 3.36. The fraction of sp³-hybridized carbons (Fsp3) is 0.136. The zero-order valence-electron chi connectivity index (χ0n) is 15.5. The lowest BCUT2D eigenvalue weighted by molar-refractivity contribution is 0.329. The highest BCUT2D eigenvalue weighted by Crippen LogP contribution is 2.31. The number of nitrogens with zero attached hydrogens (tertiary/aromatic N) is 3. The number of hydrogen-bond acceptors (Lipinski definition) is 6. The van der Waals surface area contributed by atoms with Gasteiger partial charge in [0.15, 0.2) is 18.1 Å². The standard InChI is InChI=1S/C22H17N3O2S/c1-15-3-6-17(7-4-15)19-14-28-22(25-19)18(13-24)11-16-5-8-20(27-10-9-23)21(12-16)26-2/h3-8,11-12,14H,10H2,1-2H3. The van der Waals surface area contributed by atoms with Crippen molar-refractivity contribution in [2.45, 2.75) is 6.92 Å². The molecule has 0 radical (unpaired) electrons. The van der Waals surface area contributed by atoms with Crippen LogP contribution in [0, 0.1) is 29.6 Å². The van der Waals surface area contributed by atoms with E-state index >= 15 is 0 Å². The number of rotatable bonds is 6. The predicted octanol–water partition coefficient (Wildman–Crippen LogP) is 5.09. The van der Waals surface area contributed by atoms with Gasteiger partial charge in [0, 0.05) is 10.9 Å². The van der Waals surface area contributed by atoms with Gasteiger partial charge in [0.25, 0.3) is 0 Å². The average Bonchev–Trinajstić information content (AvgIpc) is 3.21. The summed E-state index contributed by atoms with van der Waals surface area (Å²) in [4.78, 5) is 4.61. The Morgan fingerprint density at radius 3 is 2.61 bits per heavy atom. The van der Waals surface area contributed by atoms with E-state index in [1.807, 2.05) is 42.6 Å². The van der Waals surface area contributed by atoms with Crippen LogP contribution in [0.3, 0.4) is 0 Å². The Morgan fingerprint density at radius 2 is 1.93 bits per heavy atom. The van der Waals surface area contributed by atoms with Crippen molar-refractivity contribution in [1.82, 2.24) is 4.98 Å². The van der Waals surface area contributed by atoms with Crippen molar-refractivity contribution in [3.8, 4) is 34.9 Å². The maximum atomic E-state index is 9.61. The van der Waals surface area contributed by atoms with Crippen molar-refractivity contribution in [3.63, 3.8) is 0 Å². The van der Waals surface area contributed by atoms with Crippen molar-refractivity contribution in [1.29, 1.82) is 10.5 Å². The van der Waals surface area contributed by atoms with Gasteiger partial charge in [0.2, 0.25) is 0 Å². The summed E-state index contributed by atoms with van der Waals surface area (Å²) in [5.74, 6) is 0.983. The molecule has 0 aliphatic rings. The van der Waals surface area contributed by atoms with Gasteiger partial charge in [-0.05, 0) is 30.7 Å². The van der Waals surface area contributed by atoms with Crippen LogP contribution >= 0.6 is 11.3 Å². The lowest BCUT2D eigenvalue weighted by Crippen LogP contribution is -1.96. The third-order valence-electron chi connectivity index (χ3n) is 3.99. The Hall–Kier alpha value is -3.61. The van der Waals surface area contributed by atoms with Gasteiger partial charge >= 0.3 is 0 Å². The minimum Gasteiger partial charge on any atom is -0.493 e. The smallest absolute Gasteiger partial charge is 0.174 e. The Morgan fingerprint density at radius 1 is 1.14 bits per heavy atom. The summed E-state index contributed by atoms with van der Waals surface area (Å²) in [7, 11) is 1.53. The van der Waals surface area contributed by atoms with Crippen LogP contribution < -0.4 is 9.47 Å². The molecule has 0 spiro atoms. The highest BCUT2D eigenvalue weighted by atomic mass is 32.1. The number of methoxy groups -OCH3 is 1. The lowest BCUT2D eigenvalue weighted by atomic mass is 10.1. The van der Waals surface area contributed by atoms with E-state index in [1.165, 1.54) is 24.0 Å². The summed E-state index contributed by atoms with van der Waals surface area (Å²) in [5.41, 5.74) is 4.30. The first-order valence-electron chi connectivity index (χ1n) is 8.47. The largest absolute Gasteiger partial charge is 0.493 e. The van der Waals surface area contributed by atoms with Crippen LogP contribution in [0.4, 0.5) is 0 Å². The molecule has 138 valence electrons. The molecule has 0 bridgehead atoms. The number of aromatic nitrogens is 1. The van der Waals surface area contributed by atoms with Gasteiger partial charge in [0.1, 0.15) is 17.1 Å². The Balaban J connectivity index is 1.89. The Bertz CT molecular complexity index is 1090. The number of nitriles is 2. The van der Waals surface area contributed by atoms with E-state index in [1.54, 1.807) is 24.3 Å². The maximum Gasteiger partial charge on any atom is 0.174 e. The first-order valence-corrected chi connectivity index (χ1v) is 9.35. The highest BCUT2D eigenvalue weighted by Gasteiger charge is 2.11. The van der Waals surface area contributed by atoms with E-state index in [9.17, 15) is 5.26 Å². The van der Waals surface area contributed by atoms with Gasteiger partial charge in [-0.2, -0.15) is 10.5 Å². The second-order valence-electron chi connectivity index (χ2n) is 5.93. The predicted molar refractivity (Wildman–Crippen MR) is 110 cm³/mol. The first kappa shape index (κ1) is 19.2. The molecule has 28 heavy (non-hydrogen) atoms. The molecule has 0 aliphatic heterocycles. The summed E-state index contributed by atoms with van der Waals surface area (Å²) in [6.07, 6.45) is 1.76. The molecule has 3 rings (SSSR count). The second kappa shape index (κ2) is 8.85. The molecule has 1 heterocycles. The van der Waals surface area contributed by atoms with E-state index in [4.69, 9.17) is 14.7 Å². The number of allylic oxidation sites excluding steroid dienone is 1. The number of thiazole rings is 1. The van der Waals surface area contributed by atoms with Crippen molar-refractivity contribution < 1.29 is 9.47 Å². The lowest BCUT2D eigenvalue weighted by Gasteiger charge is -2.09. The van der Waals surface area contributed by atoms with Crippen LogP contribution in [0.5, 0.6) is 11.5 Å². The van der Waals surface area contributed by atoms with Crippen LogP contribution in [0.25, 0.3) is 22.9 Å². The van der Waals surface area contributed by atoms with Gasteiger partial charge in [0.05, 0.1) is 18.4 Å². The van der Waals surface area contributed by atoms with Crippen LogP contribution in [0.2, 0.25) is 0 Å². The fourth-order valence-electron chi connectivity index (χ4n) is 2.57. The molecule has 3 aromatic rings. The van der Waals surface area contributed by atoms with E-state index in [0.29, 0.717) is 22.1 Å². The Labute approximate surface area is 167 Å². The monoisotopic (exact) mass is 387 g/mol. The van der Waals surface area contributed by atoms with Gasteiger partial charge in [-0.25, -0.2) is 4.98 Å². The molecule has 0 saturated carbocycles. The van der Waals surface area contributed by atoms with Gasteiger partial charge in [-0.15, -0.1) is 11.3 Å². The number of hydrogen-bond donors (Lipinski definition) is 0. The normalized spacial score (nSPS) is 10.8. The first-order chi connectivity index (χ1) is 13.6. The van der Waals surface area contributed by atoms with E-state index < -0.39 is 0 Å². The zero-order chi connectivity index (χ0) is 19.9. The Kier molecular flexibility index (Phi) is 6.06. The second-order valence-corrected chi connectivity index (χ2v) is 6.79. The summed E-state index contributed by atoms with van der Waals surface area (Å²) in [5, 5.41) is 20.9. The molecule has 0 saturated heterocycles. The minimum absolute atomic E-state index is 0.0596. The SMILES string of the molecule is COc1cc(C=C(C#N)c2nc(-c3ccc(C)cc3)cs2)ccc1OCC#N. The third-order valence-corrected chi connectivity index (χ3v) is 4.87. The molecular formula is C22H17N3O2S. The van der Waals surface area contributed by atoms with E-state index in [0.717, 1.165) is 16.8 Å². The maximum absolute atomic E-state index is 9.61. The van der Waals surface area contributed by atoms with Crippen molar-refractivity contribution in [3.05, 3.63) is 64.0 Å². The van der Waals surface area contributed by atoms with E-state index in [2.05, 4.69) is 11.1 Å². The number of ether oxygens (including phenoxy) is 2. The molecule has 0 unspecified atom stereocenters. The molecule has 0 atom stereocenters. The van der Waals surface area contributed by atoms with Crippen molar-refractivity contribution in [2.24, 2.45) is 0 Å². The van der Waals surface area contributed by atoms with Crippen molar-refractivity contribution in [2.75, 3.05) is 13.7 Å². The quantitative estimate of drug-likeness (QED) is 0.550. The van der Waals surface area contributed by atoms with Gasteiger partial charge < -0.3 is 9.47 Å². The summed E-state index contributed by atoms with van der Waals surface area (Å²) < 4.78 is 10.6. The van der Waals surface area contributed by atoms with Crippen LogP contribution in [-0.2, 0) is 0 Å². The van der Waals surface area contributed by atoms with Gasteiger partial charge in [-0.3, -0.25) is 0 Å². The number of aryl methyl sites for hydroxylation is 1. The molecule has 5 nitrogen and oxygen atoms in total. The van der Waals surface area contributed by atoms with Crippen LogP contribution in [0.1, 0.15) is 16.1 Å². The van der Waals surface area contributed by atoms with Crippen molar-refractivity contribution >= 4 is 23.0 Å². The van der Waals surface area contributed by atoms with Crippen LogP contribution in [0.15, 0.2) is 47.8 Å². The molecule has 6 heteroatoms. The van der Waals surface area contributed by atoms with Gasteiger partial charge in [-0.1, -0.05) is 35.9 Å². The molecule has 0 fully saturated rings. The molecular weight excluding hydrogens is 370 g/mol. The summed E-state index contributed by atoms with van der Waals surface area (Å²) in [6, 6.07) is 17.6. The van der Waals surface area contributed by atoms with E-state index in [-0.39, 0.29) is 6.61 Å². The molecule has 2 aromatic carbocycles. The van der Waals surface area contributed by atoms with Crippen LogP contribution in [-0.4, -0.2) is 18.7 Å². The zero-order valence-corrected chi connectivity index (χ0v) is 16.3. The molecule has 0 N–H and O–H groups in total. The highest BCUT2D eigenvalue weighted by molar-refractivity contribution is 7.11. The minimum atomic E-state index is -0.0596. The third kappa shape index (κ3) is 4.37. The molecule has 1 aromatic heterocycles. The summed E-state index contributed by atoms with van der Waals surface area (Å²) in [6.45, 7) is 1.98. The molecule has 0 aliphatic carbocycles. The molecule has 0 amide bonds. The topological polar surface area (TPSA) is 78.9 Å². The average molecular weight is 387 g/mol.